The molecule has 0 unspecified atom stereocenters. The fraction of sp³-hybridized carbons (Fsp3) is 0.304. The van der Waals surface area contributed by atoms with Crippen LogP contribution < -0.4 is 26.2 Å². The Morgan fingerprint density at radius 1 is 0.389 bits per heavy atom. The second-order valence-electron chi connectivity index (χ2n) is 25.9. The molecular formula is C69H73BN2. The molecule has 72 heavy (non-hydrogen) atoms. The van der Waals surface area contributed by atoms with E-state index in [9.17, 15) is 0 Å². The summed E-state index contributed by atoms with van der Waals surface area (Å²) in [5.41, 5.74) is 27.2. The highest BCUT2D eigenvalue weighted by molar-refractivity contribution is 7.00. The molecule has 3 heteroatoms. The van der Waals surface area contributed by atoms with Crippen LogP contribution in [0.15, 0.2) is 164 Å². The number of aryl methyl sites for hydroxylation is 1. The van der Waals surface area contributed by atoms with E-state index in [1.807, 2.05) is 0 Å². The van der Waals surface area contributed by atoms with Crippen LogP contribution in [0.1, 0.15) is 136 Å². The van der Waals surface area contributed by atoms with Crippen LogP contribution in [0.4, 0.5) is 34.1 Å². The molecule has 2 heterocycles. The highest BCUT2D eigenvalue weighted by Crippen LogP contribution is 2.52. The second kappa shape index (κ2) is 16.7. The summed E-state index contributed by atoms with van der Waals surface area (Å²) in [6.45, 7) is 33.0. The average Bonchev–Trinajstić information content (AvgIpc) is 3.34. The zero-order valence-corrected chi connectivity index (χ0v) is 45.5. The van der Waals surface area contributed by atoms with Crippen molar-refractivity contribution in [3.63, 3.8) is 0 Å². The number of rotatable bonds is 5. The van der Waals surface area contributed by atoms with Crippen LogP contribution in [0, 0.1) is 6.92 Å². The third-order valence-electron chi connectivity index (χ3n) is 16.6. The quantitative estimate of drug-likeness (QED) is 0.159. The number of anilines is 6. The van der Waals surface area contributed by atoms with E-state index in [-0.39, 0.29) is 33.8 Å². The number of fused-ring (bicyclic) bond motifs is 5. The van der Waals surface area contributed by atoms with Crippen LogP contribution in [0.3, 0.4) is 0 Å². The predicted octanol–water partition coefficient (Wildman–Crippen LogP) is 17.3. The van der Waals surface area contributed by atoms with Gasteiger partial charge in [0, 0.05) is 34.0 Å². The molecule has 0 radical (unpaired) electrons. The van der Waals surface area contributed by atoms with Crippen molar-refractivity contribution in [3.8, 4) is 33.4 Å². The van der Waals surface area contributed by atoms with Gasteiger partial charge in [-0.15, -0.1) is 0 Å². The molecule has 0 spiro atoms. The van der Waals surface area contributed by atoms with Crippen LogP contribution >= 0.6 is 0 Å². The van der Waals surface area contributed by atoms with Gasteiger partial charge in [-0.05, 0) is 173 Å². The normalized spacial score (nSPS) is 15.7. The molecule has 8 aromatic rings. The molecule has 2 nitrogen and oxygen atoms in total. The predicted molar refractivity (Wildman–Crippen MR) is 313 cm³/mol. The molecule has 2 aliphatic heterocycles. The zero-order valence-electron chi connectivity index (χ0n) is 45.5. The minimum absolute atomic E-state index is 0.00120. The Bertz CT molecular complexity index is 3410. The number of hydrogen-bond acceptors (Lipinski definition) is 2. The summed E-state index contributed by atoms with van der Waals surface area (Å²) in [5.74, 6) is 0. The molecule has 11 rings (SSSR count). The standard InChI is InChI=1S/C69H73BN2/c1-44-37-62-64-63(38-44)72(59-34-32-52(67(8,9)10)41-54(59)47-19-16-15-17-20-47)61-43-56-55(68(11,12)35-36-69(56,13)14)42-58(61)70(64)57-33-27-49(46-25-30-51(31-26-46)66(5,6)7)40-60(57)71(62)53-22-18-21-48(39-53)45-23-28-50(29-24-45)65(2,3)4/h15-34,37-43H,35-36H2,1-14H3. The fourth-order valence-electron chi connectivity index (χ4n) is 12.1. The Morgan fingerprint density at radius 2 is 0.889 bits per heavy atom. The largest absolute Gasteiger partial charge is 0.311 e. The molecular weight excluding hydrogens is 868 g/mol. The van der Waals surface area contributed by atoms with E-state index in [1.165, 1.54) is 112 Å². The SMILES string of the molecule is Cc1cc2c3c(c1)N(c1ccc(C(C)(C)C)cc1-c1ccccc1)c1cc4c(cc1B3c1ccc(-c3ccc(C(C)(C)C)cc3)cc1N2c1cccc(-c2ccc(C(C)(C)C)cc2)c1)C(C)(C)CCC4(C)C. The molecule has 0 fully saturated rings. The van der Waals surface area contributed by atoms with E-state index >= 15 is 0 Å². The van der Waals surface area contributed by atoms with E-state index < -0.39 is 0 Å². The average molecular weight is 941 g/mol. The van der Waals surface area contributed by atoms with Crippen LogP contribution in [-0.4, -0.2) is 6.71 Å². The van der Waals surface area contributed by atoms with Crippen LogP contribution in [0.5, 0.6) is 0 Å². The summed E-state index contributed by atoms with van der Waals surface area (Å²) in [7, 11) is 0. The zero-order chi connectivity index (χ0) is 50.9. The van der Waals surface area contributed by atoms with Crippen molar-refractivity contribution in [2.24, 2.45) is 0 Å². The second-order valence-corrected chi connectivity index (χ2v) is 25.9. The van der Waals surface area contributed by atoms with Gasteiger partial charge in [0.1, 0.15) is 0 Å². The Hall–Kier alpha value is -6.58. The van der Waals surface area contributed by atoms with Gasteiger partial charge >= 0.3 is 0 Å². The van der Waals surface area contributed by atoms with E-state index in [0.29, 0.717) is 0 Å². The molecule has 3 aliphatic rings. The topological polar surface area (TPSA) is 6.48 Å². The summed E-state index contributed by atoms with van der Waals surface area (Å²) >= 11 is 0. The van der Waals surface area contributed by atoms with E-state index in [2.05, 4.69) is 271 Å². The lowest BCUT2D eigenvalue weighted by Gasteiger charge is -2.48. The summed E-state index contributed by atoms with van der Waals surface area (Å²) in [5, 5.41) is 0. The summed E-state index contributed by atoms with van der Waals surface area (Å²) in [6.07, 6.45) is 2.31. The smallest absolute Gasteiger partial charge is 0.252 e. The molecule has 8 aromatic carbocycles. The van der Waals surface area contributed by atoms with Gasteiger partial charge in [-0.25, -0.2) is 0 Å². The number of nitrogens with zero attached hydrogens (tertiary/aromatic N) is 2. The molecule has 0 bridgehead atoms. The molecule has 0 saturated heterocycles. The first-order chi connectivity index (χ1) is 34.0. The Balaban J connectivity index is 1.22. The van der Waals surface area contributed by atoms with E-state index in [1.54, 1.807) is 0 Å². The Morgan fingerprint density at radius 3 is 1.47 bits per heavy atom. The van der Waals surface area contributed by atoms with E-state index in [0.717, 1.165) is 18.5 Å². The van der Waals surface area contributed by atoms with Crippen molar-refractivity contribution in [1.82, 2.24) is 0 Å². The summed E-state index contributed by atoms with van der Waals surface area (Å²) < 4.78 is 0. The molecule has 0 atom stereocenters. The lowest BCUT2D eigenvalue weighted by atomic mass is 9.33. The lowest BCUT2D eigenvalue weighted by molar-refractivity contribution is 0.332. The first-order valence-electron chi connectivity index (χ1n) is 26.6. The monoisotopic (exact) mass is 941 g/mol. The van der Waals surface area contributed by atoms with Crippen molar-refractivity contribution < 1.29 is 0 Å². The maximum Gasteiger partial charge on any atom is 0.252 e. The Kier molecular flexibility index (Phi) is 11.1. The van der Waals surface area contributed by atoms with Gasteiger partial charge in [-0.1, -0.05) is 205 Å². The van der Waals surface area contributed by atoms with Gasteiger partial charge in [0.05, 0.1) is 5.69 Å². The first kappa shape index (κ1) is 47.7. The molecule has 0 saturated carbocycles. The lowest BCUT2D eigenvalue weighted by Crippen LogP contribution is -2.62. The van der Waals surface area contributed by atoms with Crippen LogP contribution in [-0.2, 0) is 27.1 Å². The van der Waals surface area contributed by atoms with Gasteiger partial charge in [-0.2, -0.15) is 0 Å². The first-order valence-corrected chi connectivity index (χ1v) is 26.6. The van der Waals surface area contributed by atoms with E-state index in [4.69, 9.17) is 0 Å². The van der Waals surface area contributed by atoms with Gasteiger partial charge < -0.3 is 9.80 Å². The van der Waals surface area contributed by atoms with Crippen LogP contribution in [0.25, 0.3) is 33.4 Å². The van der Waals surface area contributed by atoms with Crippen molar-refractivity contribution >= 4 is 57.2 Å². The van der Waals surface area contributed by atoms with Gasteiger partial charge in [0.2, 0.25) is 0 Å². The third-order valence-corrected chi connectivity index (χ3v) is 16.6. The van der Waals surface area contributed by atoms with Gasteiger partial charge in [-0.3, -0.25) is 0 Å². The Labute approximate surface area is 432 Å². The van der Waals surface area contributed by atoms with Gasteiger partial charge in [0.15, 0.2) is 0 Å². The maximum atomic E-state index is 2.67. The molecule has 0 amide bonds. The molecule has 362 valence electrons. The molecule has 0 aromatic heterocycles. The van der Waals surface area contributed by atoms with Crippen molar-refractivity contribution in [2.75, 3.05) is 9.80 Å². The minimum Gasteiger partial charge on any atom is -0.311 e. The van der Waals surface area contributed by atoms with Crippen LogP contribution in [0.2, 0.25) is 0 Å². The minimum atomic E-state index is -0.0228. The maximum absolute atomic E-state index is 2.67. The highest BCUT2D eigenvalue weighted by atomic mass is 15.2. The number of hydrogen-bond donors (Lipinski definition) is 0. The van der Waals surface area contributed by atoms with Crippen molar-refractivity contribution in [3.05, 3.63) is 197 Å². The molecule has 0 N–H and O–H groups in total. The number of benzene rings is 8. The van der Waals surface area contributed by atoms with Crippen molar-refractivity contribution in [1.29, 1.82) is 0 Å². The molecule has 1 aliphatic carbocycles. The highest BCUT2D eigenvalue weighted by Gasteiger charge is 2.47. The fourth-order valence-corrected chi connectivity index (χ4v) is 12.1. The summed E-state index contributed by atoms with van der Waals surface area (Å²) in [6, 6.07) is 63.8. The third kappa shape index (κ3) is 8.12. The van der Waals surface area contributed by atoms with Crippen molar-refractivity contribution in [2.45, 2.75) is 137 Å². The summed E-state index contributed by atoms with van der Waals surface area (Å²) in [4.78, 5) is 5.28. The van der Waals surface area contributed by atoms with Gasteiger partial charge in [0.25, 0.3) is 6.71 Å².